The van der Waals surface area contributed by atoms with Gasteiger partial charge in [0, 0.05) is 44.3 Å². The highest BCUT2D eigenvalue weighted by Gasteiger charge is 2.28. The van der Waals surface area contributed by atoms with Crippen LogP contribution in [0.1, 0.15) is 102 Å². The SMILES string of the molecule is CC(C)(C)c1cc(CS[C@H]2CCCCCC[C@@H]2SCc2cc(C(C)(C)C)cc(-c3cccc4ccccc34)c2O)c(O)c(-c2cccc3ccccc23)c1. The van der Waals surface area contributed by atoms with Gasteiger partial charge in [-0.1, -0.05) is 164 Å². The van der Waals surface area contributed by atoms with Crippen LogP contribution in [0.2, 0.25) is 0 Å². The van der Waals surface area contributed by atoms with Crippen LogP contribution >= 0.6 is 23.5 Å². The zero-order valence-corrected chi connectivity index (χ0v) is 34.5. The van der Waals surface area contributed by atoms with Crippen LogP contribution < -0.4 is 0 Å². The van der Waals surface area contributed by atoms with Crippen molar-refractivity contribution in [1.29, 1.82) is 0 Å². The zero-order valence-electron chi connectivity index (χ0n) is 32.9. The van der Waals surface area contributed by atoms with Gasteiger partial charge in [-0.05, 0) is 79.6 Å². The van der Waals surface area contributed by atoms with Crippen molar-refractivity contribution in [3.63, 3.8) is 0 Å². The fraction of sp³-hybridized carbons (Fsp3) is 0.360. The highest BCUT2D eigenvalue weighted by Crippen LogP contribution is 2.46. The molecule has 1 aliphatic rings. The third-order valence-electron chi connectivity index (χ3n) is 11.3. The van der Waals surface area contributed by atoms with E-state index >= 15 is 0 Å². The molecule has 4 heteroatoms. The topological polar surface area (TPSA) is 40.5 Å². The van der Waals surface area contributed by atoms with Crippen molar-refractivity contribution in [2.75, 3.05) is 0 Å². The molecule has 1 saturated carbocycles. The summed E-state index contributed by atoms with van der Waals surface area (Å²) in [4.78, 5) is 0. The van der Waals surface area contributed by atoms with Crippen molar-refractivity contribution >= 4 is 45.1 Å². The van der Waals surface area contributed by atoms with Crippen molar-refractivity contribution in [3.05, 3.63) is 131 Å². The largest absolute Gasteiger partial charge is 0.507 e. The minimum Gasteiger partial charge on any atom is -0.507 e. The van der Waals surface area contributed by atoms with E-state index in [-0.39, 0.29) is 10.8 Å². The van der Waals surface area contributed by atoms with Gasteiger partial charge in [-0.3, -0.25) is 0 Å². The molecular formula is C50H56O2S2. The minimum absolute atomic E-state index is 0.0560. The molecule has 0 bridgehead atoms. The summed E-state index contributed by atoms with van der Waals surface area (Å²) in [6.45, 7) is 13.6. The number of phenolic OH excluding ortho intramolecular Hbond substituents is 2. The molecule has 6 aromatic rings. The van der Waals surface area contributed by atoms with Crippen LogP contribution in [0.3, 0.4) is 0 Å². The summed E-state index contributed by atoms with van der Waals surface area (Å²) in [6, 6.07) is 38.7. The average Bonchev–Trinajstić information content (AvgIpc) is 3.14. The first-order chi connectivity index (χ1) is 25.9. The van der Waals surface area contributed by atoms with Crippen molar-refractivity contribution in [3.8, 4) is 33.8 Å². The van der Waals surface area contributed by atoms with E-state index < -0.39 is 0 Å². The summed E-state index contributed by atoms with van der Waals surface area (Å²) in [7, 11) is 0. The molecule has 0 aliphatic heterocycles. The third-order valence-corrected chi connectivity index (χ3v) is 14.4. The van der Waals surface area contributed by atoms with Gasteiger partial charge in [-0.15, -0.1) is 0 Å². The van der Waals surface area contributed by atoms with E-state index in [0.29, 0.717) is 22.0 Å². The fourth-order valence-corrected chi connectivity index (χ4v) is 11.1. The number of rotatable bonds is 8. The number of benzene rings is 6. The molecule has 0 radical (unpaired) electrons. The lowest BCUT2D eigenvalue weighted by Gasteiger charge is -2.30. The Hall–Kier alpha value is -3.86. The maximum atomic E-state index is 12.0. The van der Waals surface area contributed by atoms with E-state index in [2.05, 4.69) is 151 Å². The standard InChI is InChI=1S/C50H56O2S2/c1-49(2,3)37-27-35(47(51)43(29-37)41-23-15-19-33-17-11-13-21-39(33)41)31-53-45-25-9-7-8-10-26-46(45)54-32-36-28-38(50(4,5)6)30-44(48(36)52)42-24-16-20-34-18-12-14-22-40(34)42/h11-24,27-30,45-46,51-52H,7-10,25-26,31-32H2,1-6H3/t45-,46-/m0/s1. The third kappa shape index (κ3) is 8.36. The monoisotopic (exact) mass is 752 g/mol. The van der Waals surface area contributed by atoms with Gasteiger partial charge in [0.2, 0.25) is 0 Å². The first-order valence-electron chi connectivity index (χ1n) is 19.8. The van der Waals surface area contributed by atoms with Gasteiger partial charge in [-0.25, -0.2) is 0 Å². The Bertz CT molecular complexity index is 2090. The molecule has 2 nitrogen and oxygen atoms in total. The lowest BCUT2D eigenvalue weighted by molar-refractivity contribution is 0.470. The highest BCUT2D eigenvalue weighted by molar-refractivity contribution is 8.03. The lowest BCUT2D eigenvalue weighted by Crippen LogP contribution is -2.22. The Morgan fingerprint density at radius 2 is 0.870 bits per heavy atom. The summed E-state index contributed by atoms with van der Waals surface area (Å²) in [5.41, 5.74) is 8.46. The molecule has 280 valence electrons. The van der Waals surface area contributed by atoms with E-state index in [4.69, 9.17) is 0 Å². The molecule has 6 aromatic carbocycles. The van der Waals surface area contributed by atoms with Crippen molar-refractivity contribution < 1.29 is 10.2 Å². The molecule has 2 atom stereocenters. The number of aromatic hydroxyl groups is 2. The number of hydrogen-bond acceptors (Lipinski definition) is 4. The molecule has 1 aliphatic carbocycles. The van der Waals surface area contributed by atoms with Crippen LogP contribution in [0.5, 0.6) is 11.5 Å². The summed E-state index contributed by atoms with van der Waals surface area (Å²) in [5, 5.41) is 29.6. The van der Waals surface area contributed by atoms with Crippen LogP contribution in [0.4, 0.5) is 0 Å². The molecule has 0 spiro atoms. The van der Waals surface area contributed by atoms with E-state index in [0.717, 1.165) is 44.9 Å². The normalized spacial score (nSPS) is 17.1. The van der Waals surface area contributed by atoms with Crippen molar-refractivity contribution in [2.24, 2.45) is 0 Å². The summed E-state index contributed by atoms with van der Waals surface area (Å²) in [5.74, 6) is 2.36. The van der Waals surface area contributed by atoms with Crippen LogP contribution in [0.15, 0.2) is 109 Å². The van der Waals surface area contributed by atoms with Crippen LogP contribution in [-0.4, -0.2) is 20.7 Å². The molecule has 0 aromatic heterocycles. The maximum absolute atomic E-state index is 12.0. The summed E-state index contributed by atoms with van der Waals surface area (Å²) < 4.78 is 0. The zero-order chi connectivity index (χ0) is 38.0. The minimum atomic E-state index is -0.0560. The molecule has 0 amide bonds. The fourth-order valence-electron chi connectivity index (χ4n) is 8.00. The molecule has 0 unspecified atom stereocenters. The van der Waals surface area contributed by atoms with Crippen LogP contribution in [0, 0.1) is 0 Å². The molecule has 0 saturated heterocycles. The summed E-state index contributed by atoms with van der Waals surface area (Å²) in [6.07, 6.45) is 7.39. The van der Waals surface area contributed by atoms with Gasteiger partial charge >= 0.3 is 0 Å². The molecule has 54 heavy (non-hydrogen) atoms. The second-order valence-corrected chi connectivity index (χ2v) is 19.8. The van der Waals surface area contributed by atoms with Crippen molar-refractivity contribution in [2.45, 2.75) is 113 Å². The van der Waals surface area contributed by atoms with E-state index in [1.165, 1.54) is 71.2 Å². The van der Waals surface area contributed by atoms with Gasteiger partial charge in [0.05, 0.1) is 0 Å². The first-order valence-corrected chi connectivity index (χ1v) is 21.9. The molecule has 7 rings (SSSR count). The molecular weight excluding hydrogens is 697 g/mol. The smallest absolute Gasteiger partial charge is 0.127 e. The number of thioether (sulfide) groups is 2. The van der Waals surface area contributed by atoms with Gasteiger partial charge in [0.25, 0.3) is 0 Å². The predicted octanol–water partition coefficient (Wildman–Crippen LogP) is 14.6. The van der Waals surface area contributed by atoms with Gasteiger partial charge in [-0.2, -0.15) is 23.5 Å². The number of fused-ring (bicyclic) bond motifs is 2. The Kier molecular flexibility index (Phi) is 11.4. The van der Waals surface area contributed by atoms with Crippen LogP contribution in [-0.2, 0) is 22.3 Å². The second-order valence-electron chi connectivity index (χ2n) is 17.3. The van der Waals surface area contributed by atoms with E-state index in [1.807, 2.05) is 23.5 Å². The Balaban J connectivity index is 1.19. The molecule has 0 heterocycles. The predicted molar refractivity (Wildman–Crippen MR) is 237 cm³/mol. The van der Waals surface area contributed by atoms with Crippen LogP contribution in [0.25, 0.3) is 43.8 Å². The quantitative estimate of drug-likeness (QED) is 0.162. The number of phenols is 2. The van der Waals surface area contributed by atoms with Gasteiger partial charge in [0.15, 0.2) is 0 Å². The van der Waals surface area contributed by atoms with E-state index in [9.17, 15) is 10.2 Å². The van der Waals surface area contributed by atoms with Gasteiger partial charge < -0.3 is 10.2 Å². The summed E-state index contributed by atoms with van der Waals surface area (Å²) >= 11 is 4.05. The molecule has 1 fully saturated rings. The first kappa shape index (κ1) is 38.4. The second kappa shape index (κ2) is 16.1. The Labute approximate surface area is 331 Å². The van der Waals surface area contributed by atoms with Gasteiger partial charge in [0.1, 0.15) is 11.5 Å². The maximum Gasteiger partial charge on any atom is 0.127 e. The highest BCUT2D eigenvalue weighted by atomic mass is 32.2. The number of hydrogen-bond donors (Lipinski definition) is 2. The van der Waals surface area contributed by atoms with Crippen molar-refractivity contribution in [1.82, 2.24) is 0 Å². The Morgan fingerprint density at radius 1 is 0.481 bits per heavy atom. The lowest BCUT2D eigenvalue weighted by atomic mass is 9.83. The molecule has 2 N–H and O–H groups in total. The Morgan fingerprint density at radius 3 is 1.28 bits per heavy atom. The average molecular weight is 753 g/mol. The van der Waals surface area contributed by atoms with E-state index in [1.54, 1.807) is 0 Å².